The van der Waals surface area contributed by atoms with Gasteiger partial charge in [0.1, 0.15) is 21.9 Å². The Labute approximate surface area is 145 Å². The summed E-state index contributed by atoms with van der Waals surface area (Å²) in [5.74, 6) is 0.353. The minimum absolute atomic E-state index is 0.320. The number of fused-ring (bicyclic) bond motifs is 1. The van der Waals surface area contributed by atoms with Gasteiger partial charge in [-0.2, -0.15) is 0 Å². The molecule has 1 aromatic carbocycles. The number of carbonyl (C=O) groups is 1. The van der Waals surface area contributed by atoms with E-state index in [9.17, 15) is 4.79 Å². The van der Waals surface area contributed by atoms with Gasteiger partial charge in [0.05, 0.1) is 17.7 Å². The number of aromatic nitrogens is 2. The second kappa shape index (κ2) is 6.64. The molecular weight excluding hydrogens is 378 g/mol. The van der Waals surface area contributed by atoms with Crippen LogP contribution in [0.4, 0.5) is 11.5 Å². The van der Waals surface area contributed by atoms with Gasteiger partial charge in [-0.05, 0) is 47.5 Å². The number of nitrogens with zero attached hydrogens (tertiary/aromatic N) is 2. The summed E-state index contributed by atoms with van der Waals surface area (Å²) in [6.45, 7) is 4.03. The van der Waals surface area contributed by atoms with E-state index in [1.165, 1.54) is 17.7 Å². The number of hydrogen-bond acceptors (Lipinski definition) is 6. The molecule has 0 aliphatic rings. The van der Waals surface area contributed by atoms with Crippen molar-refractivity contribution in [2.24, 2.45) is 0 Å². The summed E-state index contributed by atoms with van der Waals surface area (Å²) in [6.07, 6.45) is 1.49. The lowest BCUT2D eigenvalue weighted by atomic mass is 10.2. The van der Waals surface area contributed by atoms with Crippen molar-refractivity contribution in [3.8, 4) is 0 Å². The molecule has 0 saturated heterocycles. The van der Waals surface area contributed by atoms with E-state index in [-0.39, 0.29) is 5.97 Å². The fourth-order valence-corrected chi connectivity index (χ4v) is 3.67. The Morgan fingerprint density at radius 3 is 2.87 bits per heavy atom. The minimum Gasteiger partial charge on any atom is -0.462 e. The zero-order valence-electron chi connectivity index (χ0n) is 12.6. The van der Waals surface area contributed by atoms with E-state index < -0.39 is 0 Å². The van der Waals surface area contributed by atoms with Crippen molar-refractivity contribution < 1.29 is 9.53 Å². The topological polar surface area (TPSA) is 64.1 Å². The quantitative estimate of drug-likeness (QED) is 0.653. The molecule has 0 aliphatic carbocycles. The summed E-state index contributed by atoms with van der Waals surface area (Å²) in [5.41, 5.74) is 1.73. The van der Waals surface area contributed by atoms with Crippen LogP contribution in [0.2, 0.25) is 0 Å². The molecule has 2 aromatic heterocycles. The molecule has 7 heteroatoms. The number of rotatable bonds is 4. The highest BCUT2D eigenvalue weighted by Crippen LogP contribution is 2.35. The number of anilines is 2. The Morgan fingerprint density at radius 2 is 2.13 bits per heavy atom. The summed E-state index contributed by atoms with van der Waals surface area (Å²) in [5, 5.41) is 4.14. The number of aryl methyl sites for hydroxylation is 1. The molecule has 0 amide bonds. The van der Waals surface area contributed by atoms with Crippen molar-refractivity contribution in [1.82, 2.24) is 9.97 Å². The van der Waals surface area contributed by atoms with E-state index in [4.69, 9.17) is 4.74 Å². The van der Waals surface area contributed by atoms with E-state index in [0.717, 1.165) is 25.9 Å². The lowest BCUT2D eigenvalue weighted by Gasteiger charge is -2.09. The summed E-state index contributed by atoms with van der Waals surface area (Å²) >= 11 is 4.83. The smallest absolute Gasteiger partial charge is 0.348 e. The Balaban J connectivity index is 2.08. The van der Waals surface area contributed by atoms with Gasteiger partial charge in [-0.25, -0.2) is 14.8 Å². The lowest BCUT2D eigenvalue weighted by molar-refractivity contribution is 0.0531. The van der Waals surface area contributed by atoms with Gasteiger partial charge in [-0.15, -0.1) is 11.3 Å². The van der Waals surface area contributed by atoms with Gasteiger partial charge in [0.15, 0.2) is 0 Å². The van der Waals surface area contributed by atoms with Crippen LogP contribution >= 0.6 is 27.3 Å². The van der Waals surface area contributed by atoms with Gasteiger partial charge in [-0.3, -0.25) is 0 Å². The van der Waals surface area contributed by atoms with Gasteiger partial charge in [0.25, 0.3) is 0 Å². The number of thiophene rings is 1. The molecule has 3 aromatic rings. The third-order valence-corrected chi connectivity index (χ3v) is 5.19. The number of esters is 1. The van der Waals surface area contributed by atoms with Crippen molar-refractivity contribution in [2.75, 3.05) is 11.9 Å². The second-order valence-corrected chi connectivity index (χ2v) is 6.64. The van der Waals surface area contributed by atoms with Crippen molar-refractivity contribution in [3.05, 3.63) is 45.5 Å². The third-order valence-electron chi connectivity index (χ3n) is 3.31. The van der Waals surface area contributed by atoms with Gasteiger partial charge in [0.2, 0.25) is 0 Å². The average Bonchev–Trinajstić information content (AvgIpc) is 2.88. The minimum atomic E-state index is -0.320. The number of hydrogen-bond donors (Lipinski definition) is 1. The fraction of sp³-hybridized carbons (Fsp3) is 0.188. The normalized spacial score (nSPS) is 10.7. The van der Waals surface area contributed by atoms with Crippen LogP contribution in [0.3, 0.4) is 0 Å². The number of ether oxygens (including phenoxy) is 1. The first kappa shape index (κ1) is 15.9. The van der Waals surface area contributed by atoms with Crippen LogP contribution in [-0.4, -0.2) is 22.5 Å². The molecule has 0 atom stereocenters. The maximum absolute atomic E-state index is 12.1. The zero-order chi connectivity index (χ0) is 16.4. The largest absolute Gasteiger partial charge is 0.462 e. The molecule has 23 heavy (non-hydrogen) atoms. The van der Waals surface area contributed by atoms with Crippen LogP contribution in [0.15, 0.2) is 35.1 Å². The standard InChI is InChI=1S/C16H14BrN3O2S/c1-3-22-16(21)13-9(2)12-14(18-8-19-15(12)23-13)20-11-7-5-4-6-10(11)17/h4-8H,3H2,1-2H3,(H,18,19,20). The molecule has 0 aliphatic heterocycles. The highest BCUT2D eigenvalue weighted by molar-refractivity contribution is 9.10. The molecule has 3 rings (SSSR count). The number of para-hydroxylation sites is 1. The second-order valence-electron chi connectivity index (χ2n) is 4.78. The molecule has 5 nitrogen and oxygen atoms in total. The van der Waals surface area contributed by atoms with Crippen molar-refractivity contribution in [2.45, 2.75) is 13.8 Å². The van der Waals surface area contributed by atoms with Crippen LogP contribution in [0.1, 0.15) is 22.2 Å². The Hall–Kier alpha value is -1.99. The van der Waals surface area contributed by atoms with E-state index in [2.05, 4.69) is 31.2 Å². The maximum Gasteiger partial charge on any atom is 0.348 e. The average molecular weight is 392 g/mol. The van der Waals surface area contributed by atoms with Gasteiger partial charge in [0, 0.05) is 4.47 Å². The summed E-state index contributed by atoms with van der Waals surface area (Å²) in [4.78, 5) is 22.0. The first-order valence-electron chi connectivity index (χ1n) is 7.04. The molecule has 0 radical (unpaired) electrons. The van der Waals surface area contributed by atoms with E-state index in [1.807, 2.05) is 31.2 Å². The first-order chi connectivity index (χ1) is 11.1. The molecule has 0 bridgehead atoms. The number of benzene rings is 1. The number of carbonyl (C=O) groups excluding carboxylic acids is 1. The zero-order valence-corrected chi connectivity index (χ0v) is 15.0. The lowest BCUT2D eigenvalue weighted by Crippen LogP contribution is -2.03. The van der Waals surface area contributed by atoms with Gasteiger partial charge in [-0.1, -0.05) is 12.1 Å². The molecule has 2 heterocycles. The van der Waals surface area contributed by atoms with Gasteiger partial charge < -0.3 is 10.1 Å². The van der Waals surface area contributed by atoms with Crippen LogP contribution in [0, 0.1) is 6.92 Å². The fourth-order valence-electron chi connectivity index (χ4n) is 2.25. The Morgan fingerprint density at radius 1 is 1.35 bits per heavy atom. The molecular formula is C16H14BrN3O2S. The molecule has 1 N–H and O–H groups in total. The van der Waals surface area contributed by atoms with Gasteiger partial charge >= 0.3 is 5.97 Å². The van der Waals surface area contributed by atoms with E-state index in [1.54, 1.807) is 6.92 Å². The van der Waals surface area contributed by atoms with Crippen LogP contribution in [0.5, 0.6) is 0 Å². The van der Waals surface area contributed by atoms with Crippen LogP contribution < -0.4 is 5.32 Å². The molecule has 0 unspecified atom stereocenters. The summed E-state index contributed by atoms with van der Waals surface area (Å²) in [6, 6.07) is 7.78. The highest BCUT2D eigenvalue weighted by Gasteiger charge is 2.20. The van der Waals surface area contributed by atoms with Crippen LogP contribution in [0.25, 0.3) is 10.2 Å². The molecule has 118 valence electrons. The van der Waals surface area contributed by atoms with Crippen molar-refractivity contribution in [3.63, 3.8) is 0 Å². The Bertz CT molecular complexity index is 879. The monoisotopic (exact) mass is 391 g/mol. The Kier molecular flexibility index (Phi) is 4.58. The van der Waals surface area contributed by atoms with Crippen molar-refractivity contribution in [1.29, 1.82) is 0 Å². The predicted octanol–water partition coefficient (Wildman–Crippen LogP) is 4.68. The van der Waals surface area contributed by atoms with E-state index in [0.29, 0.717) is 17.3 Å². The summed E-state index contributed by atoms with van der Waals surface area (Å²) in [7, 11) is 0. The van der Waals surface area contributed by atoms with Crippen LogP contribution in [-0.2, 0) is 4.74 Å². The highest BCUT2D eigenvalue weighted by atomic mass is 79.9. The number of halogens is 1. The van der Waals surface area contributed by atoms with Crippen molar-refractivity contribution >= 4 is 55.0 Å². The molecule has 0 saturated carbocycles. The molecule has 0 spiro atoms. The summed E-state index contributed by atoms with van der Waals surface area (Å²) < 4.78 is 6.05. The maximum atomic E-state index is 12.1. The number of nitrogens with one attached hydrogen (secondary N) is 1. The van der Waals surface area contributed by atoms with E-state index >= 15 is 0 Å². The molecule has 0 fully saturated rings. The predicted molar refractivity (Wildman–Crippen MR) is 95.5 cm³/mol. The third kappa shape index (κ3) is 3.07. The first-order valence-corrected chi connectivity index (χ1v) is 8.65. The SMILES string of the molecule is CCOC(=O)c1sc2ncnc(Nc3ccccc3Br)c2c1C.